The molecule has 0 saturated heterocycles. The number of hydrogen-bond donors (Lipinski definition) is 1. The highest BCUT2D eigenvalue weighted by Crippen LogP contribution is 2.42. The first kappa shape index (κ1) is 19.6. The van der Waals surface area contributed by atoms with Crippen molar-refractivity contribution in [2.75, 3.05) is 45.1 Å². The molecule has 0 saturated carbocycles. The molecule has 0 radical (unpaired) electrons. The second-order valence-electron chi connectivity index (χ2n) is 6.73. The number of nitrogen functional groups attached to an aromatic ring is 1. The summed E-state index contributed by atoms with van der Waals surface area (Å²) >= 11 is 0. The van der Waals surface area contributed by atoms with Crippen LogP contribution in [0, 0.1) is 0 Å². The van der Waals surface area contributed by atoms with E-state index < -0.39 is 0 Å². The van der Waals surface area contributed by atoms with Gasteiger partial charge in [-0.25, -0.2) is 0 Å². The van der Waals surface area contributed by atoms with Gasteiger partial charge in [0.05, 0.1) is 18.5 Å². The topological polar surface area (TPSA) is 74.0 Å². The molecule has 2 N–H and O–H groups in total. The number of carbonyl (C=O) groups is 1. The van der Waals surface area contributed by atoms with Crippen LogP contribution >= 0.6 is 0 Å². The van der Waals surface area contributed by atoms with Gasteiger partial charge in [-0.05, 0) is 42.8 Å². The predicted molar refractivity (Wildman–Crippen MR) is 112 cm³/mol. The molecule has 0 unspecified atom stereocenters. The minimum atomic E-state index is -0.0588. The molecule has 6 nitrogen and oxygen atoms in total. The Labute approximate surface area is 165 Å². The van der Waals surface area contributed by atoms with E-state index in [2.05, 4.69) is 0 Å². The van der Waals surface area contributed by atoms with Crippen molar-refractivity contribution in [2.45, 2.75) is 13.3 Å². The summed E-state index contributed by atoms with van der Waals surface area (Å²) in [6.45, 7) is 2.92. The summed E-state index contributed by atoms with van der Waals surface area (Å²) in [5.41, 5.74) is 9.56. The van der Waals surface area contributed by atoms with Crippen LogP contribution in [0.1, 0.15) is 29.3 Å². The molecule has 0 spiro atoms. The lowest BCUT2D eigenvalue weighted by Gasteiger charge is -2.21. The lowest BCUT2D eigenvalue weighted by Crippen LogP contribution is -2.16. The normalized spacial score (nSPS) is 13.2. The zero-order valence-corrected chi connectivity index (χ0v) is 16.7. The number of anilines is 2. The van der Waals surface area contributed by atoms with Crippen molar-refractivity contribution < 1.29 is 19.0 Å². The summed E-state index contributed by atoms with van der Waals surface area (Å²) < 4.78 is 16.9. The van der Waals surface area contributed by atoms with Crippen molar-refractivity contribution in [1.29, 1.82) is 0 Å². The Kier molecular flexibility index (Phi) is 5.78. The lowest BCUT2D eigenvalue weighted by molar-refractivity contribution is 0.103. The zero-order chi connectivity index (χ0) is 20.3. The maximum atomic E-state index is 13.1. The smallest absolute Gasteiger partial charge is 0.204 e. The predicted octanol–water partition coefficient (Wildman–Crippen LogP) is 3.79. The highest BCUT2D eigenvalue weighted by Gasteiger charge is 2.21. The molecule has 6 heteroatoms. The minimum absolute atomic E-state index is 0.0588. The van der Waals surface area contributed by atoms with Crippen LogP contribution in [0.5, 0.6) is 17.2 Å². The number of Topliss-reactive ketones (excluding diaryl/α,β-unsaturated/α-hetero) is 1. The van der Waals surface area contributed by atoms with Crippen LogP contribution in [-0.2, 0) is 0 Å². The van der Waals surface area contributed by atoms with E-state index in [0.717, 1.165) is 11.3 Å². The summed E-state index contributed by atoms with van der Waals surface area (Å²) in [5, 5.41) is 0. The number of hydrogen-bond acceptors (Lipinski definition) is 6. The van der Waals surface area contributed by atoms with Crippen molar-refractivity contribution in [3.8, 4) is 17.2 Å². The first-order valence-electron chi connectivity index (χ1n) is 9.25. The van der Waals surface area contributed by atoms with E-state index in [-0.39, 0.29) is 5.78 Å². The third kappa shape index (κ3) is 3.76. The Morgan fingerprint density at radius 3 is 2.61 bits per heavy atom. The first-order chi connectivity index (χ1) is 13.5. The number of nitrogens with two attached hydrogens (primary N) is 1. The fourth-order valence-corrected chi connectivity index (χ4v) is 3.23. The summed E-state index contributed by atoms with van der Waals surface area (Å²) in [5.74, 6) is 1.73. The second-order valence-corrected chi connectivity index (χ2v) is 6.73. The van der Waals surface area contributed by atoms with E-state index in [0.29, 0.717) is 53.7 Å². The molecule has 2 aromatic carbocycles. The Bertz CT molecular complexity index is 919. The van der Waals surface area contributed by atoms with Crippen LogP contribution in [0.15, 0.2) is 35.9 Å². The molecule has 0 amide bonds. The van der Waals surface area contributed by atoms with Crippen LogP contribution in [0.2, 0.25) is 0 Å². The summed E-state index contributed by atoms with van der Waals surface area (Å²) in [7, 11) is 5.41. The second kappa shape index (κ2) is 8.25. The van der Waals surface area contributed by atoms with E-state index >= 15 is 0 Å². The summed E-state index contributed by atoms with van der Waals surface area (Å²) in [6.07, 6.45) is 2.42. The van der Waals surface area contributed by atoms with Crippen molar-refractivity contribution in [3.63, 3.8) is 0 Å². The van der Waals surface area contributed by atoms with E-state index in [9.17, 15) is 4.79 Å². The van der Waals surface area contributed by atoms with Gasteiger partial charge < -0.3 is 24.8 Å². The molecule has 1 aliphatic heterocycles. The minimum Gasteiger partial charge on any atom is -0.492 e. The van der Waals surface area contributed by atoms with Crippen LogP contribution < -0.4 is 24.8 Å². The molecule has 1 aliphatic rings. The number of ether oxygens (including phenoxy) is 3. The monoisotopic (exact) mass is 382 g/mol. The quantitative estimate of drug-likeness (QED) is 0.465. The molecule has 0 aromatic heterocycles. The lowest BCUT2D eigenvalue weighted by atomic mass is 9.97. The highest BCUT2D eigenvalue weighted by molar-refractivity contribution is 6.12. The fourth-order valence-electron chi connectivity index (χ4n) is 3.23. The number of allylic oxidation sites excluding steroid dienone is 1. The molecule has 0 bridgehead atoms. The number of ketones is 1. The Balaban J connectivity index is 1.98. The van der Waals surface area contributed by atoms with Crippen LogP contribution in [0.25, 0.3) is 6.08 Å². The van der Waals surface area contributed by atoms with Crippen LogP contribution in [0.4, 0.5) is 11.4 Å². The molecular formula is C22H26N2O4. The number of rotatable bonds is 6. The van der Waals surface area contributed by atoms with Gasteiger partial charge in [-0.3, -0.25) is 4.79 Å². The molecular weight excluding hydrogens is 356 g/mol. The molecule has 2 aromatic rings. The first-order valence-corrected chi connectivity index (χ1v) is 9.25. The molecule has 28 heavy (non-hydrogen) atoms. The van der Waals surface area contributed by atoms with Gasteiger partial charge in [-0.2, -0.15) is 0 Å². The van der Waals surface area contributed by atoms with Gasteiger partial charge in [0.25, 0.3) is 0 Å². The Morgan fingerprint density at radius 2 is 1.96 bits per heavy atom. The van der Waals surface area contributed by atoms with E-state index in [1.165, 1.54) is 0 Å². The number of methoxy groups -OCH3 is 1. The van der Waals surface area contributed by atoms with Gasteiger partial charge in [-0.1, -0.05) is 6.92 Å². The van der Waals surface area contributed by atoms with Crippen molar-refractivity contribution >= 4 is 23.2 Å². The maximum Gasteiger partial charge on any atom is 0.204 e. The van der Waals surface area contributed by atoms with Gasteiger partial charge in [0.2, 0.25) is 5.75 Å². The number of nitrogens with zero attached hydrogens (tertiary/aromatic N) is 1. The number of benzene rings is 2. The standard InChI is InChI=1S/C22H26N2O4/c1-5-14(20(25)15-6-8-18(24(2)3)17(23)13-15)12-16-7-9-19-22(21(16)26-4)28-11-10-27-19/h6-9,12-13H,5,10-11,23H2,1-4H3. The SMILES string of the molecule is CCC(=Cc1ccc2c(c1OC)OCCO2)C(=O)c1ccc(N(C)C)c(N)c1. The van der Waals surface area contributed by atoms with Crippen molar-refractivity contribution in [2.24, 2.45) is 0 Å². The molecule has 3 rings (SSSR count). The Hall–Kier alpha value is -3.15. The maximum absolute atomic E-state index is 13.1. The van der Waals surface area contributed by atoms with Gasteiger partial charge in [-0.15, -0.1) is 0 Å². The fraction of sp³-hybridized carbons (Fsp3) is 0.318. The van der Waals surface area contributed by atoms with E-state index in [4.69, 9.17) is 19.9 Å². The average molecular weight is 382 g/mol. The molecule has 0 aliphatic carbocycles. The molecule has 148 valence electrons. The van der Waals surface area contributed by atoms with Crippen molar-refractivity contribution in [1.82, 2.24) is 0 Å². The van der Waals surface area contributed by atoms with Gasteiger partial charge >= 0.3 is 0 Å². The number of fused-ring (bicyclic) bond motifs is 1. The zero-order valence-electron chi connectivity index (χ0n) is 16.7. The van der Waals surface area contributed by atoms with E-state index in [1.54, 1.807) is 19.2 Å². The summed E-state index contributed by atoms with van der Waals surface area (Å²) in [6, 6.07) is 9.10. The molecule has 0 fully saturated rings. The van der Waals surface area contributed by atoms with Gasteiger partial charge in [0, 0.05) is 30.8 Å². The van der Waals surface area contributed by atoms with Gasteiger partial charge in [0.1, 0.15) is 13.2 Å². The van der Waals surface area contributed by atoms with Crippen LogP contribution in [0.3, 0.4) is 0 Å². The largest absolute Gasteiger partial charge is 0.492 e. The molecule has 0 atom stereocenters. The van der Waals surface area contributed by atoms with E-state index in [1.807, 2.05) is 50.2 Å². The third-order valence-electron chi connectivity index (χ3n) is 4.67. The van der Waals surface area contributed by atoms with Gasteiger partial charge in [0.15, 0.2) is 17.3 Å². The highest BCUT2D eigenvalue weighted by atomic mass is 16.6. The summed E-state index contributed by atoms with van der Waals surface area (Å²) in [4.78, 5) is 15.0. The molecule has 1 heterocycles. The average Bonchev–Trinajstić information content (AvgIpc) is 2.70. The van der Waals surface area contributed by atoms with Crippen LogP contribution in [-0.4, -0.2) is 40.2 Å². The Morgan fingerprint density at radius 1 is 1.21 bits per heavy atom. The third-order valence-corrected chi connectivity index (χ3v) is 4.67. The van der Waals surface area contributed by atoms with Crippen molar-refractivity contribution in [3.05, 3.63) is 47.0 Å². The number of carbonyl (C=O) groups excluding carboxylic acids is 1.